The zero-order chi connectivity index (χ0) is 19.7. The van der Waals surface area contributed by atoms with Crippen LogP contribution in [-0.2, 0) is 23.8 Å². The molecule has 0 amide bonds. The van der Waals surface area contributed by atoms with E-state index in [1.165, 1.54) is 6.92 Å². The largest absolute Gasteiger partial charge is 0.463 e. The second-order valence-corrected chi connectivity index (χ2v) is 10.6. The van der Waals surface area contributed by atoms with Crippen molar-refractivity contribution in [1.82, 2.24) is 0 Å². The van der Waals surface area contributed by atoms with Gasteiger partial charge in [0, 0.05) is 31.1 Å². The molecule has 0 aromatic rings. The maximum atomic E-state index is 12.8. The van der Waals surface area contributed by atoms with E-state index in [4.69, 9.17) is 14.2 Å². The molecule has 0 N–H and O–H groups in total. The van der Waals surface area contributed by atoms with Crippen LogP contribution >= 0.6 is 0 Å². The molecular formula is C23H34O5. The summed E-state index contributed by atoms with van der Waals surface area (Å²) in [5.41, 5.74) is 0.0243. The molecule has 0 radical (unpaired) electrons. The van der Waals surface area contributed by atoms with Crippen molar-refractivity contribution in [1.29, 1.82) is 0 Å². The Morgan fingerprint density at radius 3 is 2.54 bits per heavy atom. The van der Waals surface area contributed by atoms with Crippen LogP contribution in [0.1, 0.15) is 72.1 Å². The molecule has 0 bridgehead atoms. The molecule has 0 aromatic heterocycles. The standard InChI is InChI=1S/C23H34O5/c1-14(24)28-16-6-8-21(2)15(12-16)13-23(26-10-11-27-23)20-17-4-5-19(25)22(17,3)9-7-18(20)21/h15-18,20H,4-13H2,1-3H3/t15-,16+,17+,18-,20-,21+,22+/m1/s1. The molecule has 5 fully saturated rings. The molecule has 5 aliphatic rings. The number of carbonyl (C=O) groups is 2. The van der Waals surface area contributed by atoms with Crippen LogP contribution in [-0.4, -0.2) is 36.9 Å². The van der Waals surface area contributed by atoms with Crippen molar-refractivity contribution in [3.8, 4) is 0 Å². The van der Waals surface area contributed by atoms with E-state index < -0.39 is 5.79 Å². The molecular weight excluding hydrogens is 356 g/mol. The molecule has 0 unspecified atom stereocenters. The first-order chi connectivity index (χ1) is 13.3. The average Bonchev–Trinajstić information content (AvgIpc) is 3.22. The van der Waals surface area contributed by atoms with E-state index >= 15 is 0 Å². The summed E-state index contributed by atoms with van der Waals surface area (Å²) < 4.78 is 18.4. The van der Waals surface area contributed by atoms with Gasteiger partial charge in [-0.15, -0.1) is 0 Å². The average molecular weight is 391 g/mol. The summed E-state index contributed by atoms with van der Waals surface area (Å²) in [7, 11) is 0. The Bertz CT molecular complexity index is 682. The van der Waals surface area contributed by atoms with Crippen molar-refractivity contribution in [2.75, 3.05) is 13.2 Å². The van der Waals surface area contributed by atoms with E-state index in [2.05, 4.69) is 13.8 Å². The third-order valence-corrected chi connectivity index (χ3v) is 9.46. The summed E-state index contributed by atoms with van der Waals surface area (Å²) in [6, 6.07) is 0. The molecule has 1 spiro atoms. The summed E-state index contributed by atoms with van der Waals surface area (Å²) in [5, 5.41) is 0. The number of fused-ring (bicyclic) bond motifs is 6. The molecule has 4 saturated carbocycles. The predicted molar refractivity (Wildman–Crippen MR) is 102 cm³/mol. The molecule has 28 heavy (non-hydrogen) atoms. The van der Waals surface area contributed by atoms with Crippen molar-refractivity contribution in [2.24, 2.45) is 34.5 Å². The molecule has 0 aromatic carbocycles. The van der Waals surface area contributed by atoms with Crippen LogP contribution < -0.4 is 0 Å². The Kier molecular flexibility index (Phi) is 4.27. The monoisotopic (exact) mass is 390 g/mol. The summed E-state index contributed by atoms with van der Waals surface area (Å²) in [6.07, 6.45) is 7.64. The van der Waals surface area contributed by atoms with E-state index in [1.807, 2.05) is 0 Å². The van der Waals surface area contributed by atoms with Crippen LogP contribution in [0.2, 0.25) is 0 Å². The quantitative estimate of drug-likeness (QED) is 0.636. The fourth-order valence-electron chi connectivity index (χ4n) is 8.05. The Balaban J connectivity index is 1.51. The highest BCUT2D eigenvalue weighted by molar-refractivity contribution is 5.87. The summed E-state index contributed by atoms with van der Waals surface area (Å²) >= 11 is 0. The Morgan fingerprint density at radius 2 is 1.82 bits per heavy atom. The van der Waals surface area contributed by atoms with E-state index in [1.54, 1.807) is 0 Å². The van der Waals surface area contributed by atoms with E-state index in [-0.39, 0.29) is 22.9 Å². The van der Waals surface area contributed by atoms with Crippen LogP contribution in [0.4, 0.5) is 0 Å². The minimum atomic E-state index is -0.538. The van der Waals surface area contributed by atoms with Crippen molar-refractivity contribution in [3.63, 3.8) is 0 Å². The van der Waals surface area contributed by atoms with Crippen molar-refractivity contribution in [2.45, 2.75) is 84.0 Å². The first kappa shape index (κ1) is 19.0. The van der Waals surface area contributed by atoms with Gasteiger partial charge in [0.05, 0.1) is 13.2 Å². The minimum Gasteiger partial charge on any atom is -0.463 e. The molecule has 4 aliphatic carbocycles. The van der Waals surface area contributed by atoms with E-state index in [0.717, 1.165) is 51.4 Å². The smallest absolute Gasteiger partial charge is 0.302 e. The van der Waals surface area contributed by atoms with Crippen LogP contribution in [0.15, 0.2) is 0 Å². The third kappa shape index (κ3) is 2.51. The lowest BCUT2D eigenvalue weighted by Gasteiger charge is -2.64. The highest BCUT2D eigenvalue weighted by atomic mass is 16.7. The van der Waals surface area contributed by atoms with Crippen molar-refractivity contribution < 1.29 is 23.8 Å². The van der Waals surface area contributed by atoms with Gasteiger partial charge in [-0.1, -0.05) is 13.8 Å². The van der Waals surface area contributed by atoms with Gasteiger partial charge in [0.2, 0.25) is 0 Å². The maximum Gasteiger partial charge on any atom is 0.302 e. The molecule has 1 heterocycles. The van der Waals surface area contributed by atoms with Crippen LogP contribution in [0.25, 0.3) is 0 Å². The van der Waals surface area contributed by atoms with Crippen LogP contribution in [0.5, 0.6) is 0 Å². The fourth-order valence-corrected chi connectivity index (χ4v) is 8.05. The molecule has 5 heteroatoms. The van der Waals surface area contributed by atoms with Crippen molar-refractivity contribution >= 4 is 11.8 Å². The van der Waals surface area contributed by atoms with E-state index in [0.29, 0.717) is 42.7 Å². The molecule has 156 valence electrons. The minimum absolute atomic E-state index is 0.0208. The number of ether oxygens (including phenoxy) is 3. The maximum absolute atomic E-state index is 12.8. The number of hydrogen-bond donors (Lipinski definition) is 0. The van der Waals surface area contributed by atoms with Gasteiger partial charge in [-0.25, -0.2) is 0 Å². The molecule has 7 atom stereocenters. The number of esters is 1. The normalized spacial score (nSPS) is 49.4. The lowest BCUT2D eigenvalue weighted by molar-refractivity contribution is -0.297. The Morgan fingerprint density at radius 1 is 1.07 bits per heavy atom. The fraction of sp³-hybridized carbons (Fsp3) is 0.913. The lowest BCUT2D eigenvalue weighted by atomic mass is 9.43. The van der Waals surface area contributed by atoms with Crippen LogP contribution in [0, 0.1) is 34.5 Å². The van der Waals surface area contributed by atoms with Gasteiger partial charge in [0.25, 0.3) is 0 Å². The molecule has 1 saturated heterocycles. The third-order valence-electron chi connectivity index (χ3n) is 9.46. The van der Waals surface area contributed by atoms with Crippen molar-refractivity contribution in [3.05, 3.63) is 0 Å². The topological polar surface area (TPSA) is 61.8 Å². The number of hydrogen-bond acceptors (Lipinski definition) is 5. The number of Topliss-reactive ketones (excluding diaryl/α,β-unsaturated/α-hetero) is 1. The van der Waals surface area contributed by atoms with Gasteiger partial charge >= 0.3 is 5.97 Å². The number of carbonyl (C=O) groups excluding carboxylic acids is 2. The summed E-state index contributed by atoms with van der Waals surface area (Å²) in [6.45, 7) is 7.47. The summed E-state index contributed by atoms with van der Waals surface area (Å²) in [4.78, 5) is 24.3. The number of rotatable bonds is 1. The predicted octanol–water partition coefficient (Wildman–Crippen LogP) is 3.88. The number of ketones is 1. The zero-order valence-electron chi connectivity index (χ0n) is 17.5. The Hall–Kier alpha value is -0.940. The second kappa shape index (κ2) is 6.28. The van der Waals surface area contributed by atoms with E-state index in [9.17, 15) is 9.59 Å². The van der Waals surface area contributed by atoms with Gasteiger partial charge in [0.15, 0.2) is 5.79 Å². The SMILES string of the molecule is CC(=O)O[C@H]1CC[C@@]2(C)[C@H](C1)CC1(OCCO1)[C@H]1[C@H]2CC[C@]2(C)C(=O)CC[C@@H]12. The highest BCUT2D eigenvalue weighted by Gasteiger charge is 2.68. The highest BCUT2D eigenvalue weighted by Crippen LogP contribution is 2.69. The molecule has 1 aliphatic heterocycles. The van der Waals surface area contributed by atoms with Gasteiger partial charge in [0.1, 0.15) is 11.9 Å². The van der Waals surface area contributed by atoms with Gasteiger partial charge in [-0.05, 0) is 61.7 Å². The molecule has 5 rings (SSSR count). The lowest BCUT2D eigenvalue weighted by Crippen LogP contribution is -2.64. The Labute approximate surface area is 167 Å². The van der Waals surface area contributed by atoms with Gasteiger partial charge in [-0.3, -0.25) is 9.59 Å². The zero-order valence-corrected chi connectivity index (χ0v) is 17.5. The van der Waals surface area contributed by atoms with Gasteiger partial charge in [-0.2, -0.15) is 0 Å². The second-order valence-electron chi connectivity index (χ2n) is 10.6. The first-order valence-corrected chi connectivity index (χ1v) is 11.3. The summed E-state index contributed by atoms with van der Waals surface area (Å²) in [5.74, 6) is 1.38. The first-order valence-electron chi connectivity index (χ1n) is 11.3. The van der Waals surface area contributed by atoms with Gasteiger partial charge < -0.3 is 14.2 Å². The molecule has 5 nitrogen and oxygen atoms in total. The van der Waals surface area contributed by atoms with Crippen LogP contribution in [0.3, 0.4) is 0 Å².